The van der Waals surface area contributed by atoms with Gasteiger partial charge in [0, 0.05) is 12.2 Å². The lowest BCUT2D eigenvalue weighted by Gasteiger charge is -2.05. The van der Waals surface area contributed by atoms with E-state index < -0.39 is 9.84 Å². The van der Waals surface area contributed by atoms with Crippen LogP contribution in [-0.4, -0.2) is 49.6 Å². The van der Waals surface area contributed by atoms with Crippen LogP contribution in [0, 0.1) is 5.92 Å². The maximum Gasteiger partial charge on any atom is 0.276 e. The zero-order valence-corrected chi connectivity index (χ0v) is 15.5. The van der Waals surface area contributed by atoms with Crippen molar-refractivity contribution >= 4 is 21.6 Å². The van der Waals surface area contributed by atoms with Gasteiger partial charge in [-0.1, -0.05) is 11.8 Å². The monoisotopic (exact) mass is 384 g/mol. The Morgan fingerprint density at radius 2 is 2.00 bits per heavy atom. The molecule has 3 rings (SSSR count). The number of benzene rings is 1. The third kappa shape index (κ3) is 5.37. The Bertz CT molecular complexity index is 789. The first-order valence-electron chi connectivity index (χ1n) is 7.96. The van der Waals surface area contributed by atoms with Crippen LogP contribution in [0.3, 0.4) is 0 Å². The molecule has 0 aliphatic carbocycles. The molecule has 25 heavy (non-hydrogen) atoms. The second-order valence-electron chi connectivity index (χ2n) is 5.81. The molecule has 1 aromatic heterocycles. The standard InChI is InChI=1S/C16H20N2O5S2/c1-21-13-2-4-14(5-3-13)22-7-8-24-16-18-17-15(23-16)10-12-6-9-25(19,20)11-12/h2-5,12H,6-11H2,1H3. The van der Waals surface area contributed by atoms with Crippen LogP contribution < -0.4 is 9.47 Å². The van der Waals surface area contributed by atoms with Gasteiger partial charge in [0.25, 0.3) is 5.22 Å². The Hall–Kier alpha value is -1.74. The van der Waals surface area contributed by atoms with E-state index in [1.807, 2.05) is 24.3 Å². The third-order valence-corrected chi connectivity index (χ3v) is 6.50. The summed E-state index contributed by atoms with van der Waals surface area (Å²) in [5.41, 5.74) is 0. The zero-order chi connectivity index (χ0) is 17.7. The number of rotatable bonds is 8. The van der Waals surface area contributed by atoms with E-state index >= 15 is 0 Å². The van der Waals surface area contributed by atoms with E-state index in [1.54, 1.807) is 7.11 Å². The first-order chi connectivity index (χ1) is 12.0. The van der Waals surface area contributed by atoms with Crippen molar-refractivity contribution in [3.8, 4) is 11.5 Å². The normalized spacial score (nSPS) is 19.0. The molecule has 7 nitrogen and oxygen atoms in total. The molecular weight excluding hydrogens is 364 g/mol. The quantitative estimate of drug-likeness (QED) is 0.505. The number of ether oxygens (including phenoxy) is 2. The summed E-state index contributed by atoms with van der Waals surface area (Å²) < 4.78 is 39.2. The first-order valence-corrected chi connectivity index (χ1v) is 10.8. The average Bonchev–Trinajstić information content (AvgIpc) is 3.18. The van der Waals surface area contributed by atoms with Crippen molar-refractivity contribution in [2.24, 2.45) is 5.92 Å². The third-order valence-electron chi connectivity index (χ3n) is 3.88. The number of nitrogens with zero attached hydrogens (tertiary/aromatic N) is 2. The summed E-state index contributed by atoms with van der Waals surface area (Å²) in [7, 11) is -1.25. The van der Waals surface area contributed by atoms with Gasteiger partial charge in [0.2, 0.25) is 5.89 Å². The fourth-order valence-corrected chi connectivity index (χ4v) is 5.08. The van der Waals surface area contributed by atoms with E-state index in [4.69, 9.17) is 13.9 Å². The largest absolute Gasteiger partial charge is 0.497 e. The minimum Gasteiger partial charge on any atom is -0.497 e. The van der Waals surface area contributed by atoms with Crippen LogP contribution in [-0.2, 0) is 16.3 Å². The lowest BCUT2D eigenvalue weighted by molar-refractivity contribution is 0.341. The molecule has 2 aromatic rings. The highest BCUT2D eigenvalue weighted by Crippen LogP contribution is 2.24. The molecule has 136 valence electrons. The molecule has 0 amide bonds. The summed E-state index contributed by atoms with van der Waals surface area (Å²) >= 11 is 1.42. The predicted molar refractivity (Wildman–Crippen MR) is 94.0 cm³/mol. The molecule has 1 aromatic carbocycles. The van der Waals surface area contributed by atoms with Crippen molar-refractivity contribution in [3.05, 3.63) is 30.2 Å². The van der Waals surface area contributed by atoms with E-state index in [9.17, 15) is 8.42 Å². The highest BCUT2D eigenvalue weighted by molar-refractivity contribution is 7.99. The van der Waals surface area contributed by atoms with E-state index in [0.29, 0.717) is 36.3 Å². The smallest absolute Gasteiger partial charge is 0.276 e. The van der Waals surface area contributed by atoms with Gasteiger partial charge in [0.1, 0.15) is 11.5 Å². The second-order valence-corrected chi connectivity index (χ2v) is 9.08. The topological polar surface area (TPSA) is 91.5 Å². The van der Waals surface area contributed by atoms with E-state index in [2.05, 4.69) is 10.2 Å². The second kappa shape index (κ2) is 8.09. The molecule has 1 aliphatic heterocycles. The molecule has 1 fully saturated rings. The van der Waals surface area contributed by atoms with Crippen LogP contribution in [0.5, 0.6) is 11.5 Å². The molecule has 0 N–H and O–H groups in total. The Morgan fingerprint density at radius 1 is 1.24 bits per heavy atom. The number of aromatic nitrogens is 2. The van der Waals surface area contributed by atoms with Crippen LogP contribution in [0.4, 0.5) is 0 Å². The number of thioether (sulfide) groups is 1. The molecule has 2 heterocycles. The number of hydrogen-bond acceptors (Lipinski definition) is 8. The van der Waals surface area contributed by atoms with Crippen molar-refractivity contribution in [3.63, 3.8) is 0 Å². The molecule has 0 saturated carbocycles. The molecule has 1 unspecified atom stereocenters. The van der Waals surface area contributed by atoms with Gasteiger partial charge in [0.15, 0.2) is 9.84 Å². The lowest BCUT2D eigenvalue weighted by atomic mass is 10.1. The summed E-state index contributed by atoms with van der Waals surface area (Å²) in [6.07, 6.45) is 1.19. The fourth-order valence-electron chi connectivity index (χ4n) is 2.62. The fraction of sp³-hybridized carbons (Fsp3) is 0.500. The first kappa shape index (κ1) is 18.1. The minimum absolute atomic E-state index is 0.0849. The van der Waals surface area contributed by atoms with Gasteiger partial charge in [-0.05, 0) is 36.6 Å². The number of hydrogen-bond donors (Lipinski definition) is 0. The Morgan fingerprint density at radius 3 is 2.68 bits per heavy atom. The number of sulfone groups is 1. The Balaban J connectivity index is 1.39. The van der Waals surface area contributed by atoms with Crippen molar-refractivity contribution in [2.45, 2.75) is 18.1 Å². The van der Waals surface area contributed by atoms with Crippen LogP contribution in [0.2, 0.25) is 0 Å². The predicted octanol–water partition coefficient (Wildman–Crippen LogP) is 2.23. The van der Waals surface area contributed by atoms with Crippen LogP contribution in [0.1, 0.15) is 12.3 Å². The van der Waals surface area contributed by atoms with Gasteiger partial charge >= 0.3 is 0 Å². The van der Waals surface area contributed by atoms with Crippen molar-refractivity contribution in [1.29, 1.82) is 0 Å². The highest BCUT2D eigenvalue weighted by Gasteiger charge is 2.29. The van der Waals surface area contributed by atoms with Crippen LogP contribution in [0.15, 0.2) is 33.9 Å². The van der Waals surface area contributed by atoms with Crippen LogP contribution >= 0.6 is 11.8 Å². The SMILES string of the molecule is COc1ccc(OCCSc2nnc(CC3CCS(=O)(=O)C3)o2)cc1. The maximum absolute atomic E-state index is 11.5. The minimum atomic E-state index is -2.88. The summed E-state index contributed by atoms with van der Waals surface area (Å²) in [6, 6.07) is 7.39. The van der Waals surface area contributed by atoms with Gasteiger partial charge in [-0.25, -0.2) is 8.42 Å². The van der Waals surface area contributed by atoms with Gasteiger partial charge in [0.05, 0.1) is 25.2 Å². The molecule has 9 heteroatoms. The maximum atomic E-state index is 11.5. The van der Waals surface area contributed by atoms with E-state index in [-0.39, 0.29) is 17.4 Å². The van der Waals surface area contributed by atoms with Gasteiger partial charge in [-0.3, -0.25) is 0 Å². The molecule has 0 bridgehead atoms. The van der Waals surface area contributed by atoms with Crippen molar-refractivity contribution in [1.82, 2.24) is 10.2 Å². The molecule has 1 aliphatic rings. The summed E-state index contributed by atoms with van der Waals surface area (Å²) in [5.74, 6) is 3.29. The summed E-state index contributed by atoms with van der Waals surface area (Å²) in [6.45, 7) is 0.510. The molecular formula is C16H20N2O5S2. The van der Waals surface area contributed by atoms with Crippen molar-refractivity contribution < 1.29 is 22.3 Å². The van der Waals surface area contributed by atoms with Gasteiger partial charge in [-0.2, -0.15) is 0 Å². The Kier molecular flexibility index (Phi) is 5.85. The van der Waals surface area contributed by atoms with Crippen LogP contribution in [0.25, 0.3) is 0 Å². The Labute approximate surface area is 151 Å². The summed E-state index contributed by atoms with van der Waals surface area (Å²) in [5, 5.41) is 8.46. The lowest BCUT2D eigenvalue weighted by Crippen LogP contribution is -2.07. The highest BCUT2D eigenvalue weighted by atomic mass is 32.2. The van der Waals surface area contributed by atoms with Crippen molar-refractivity contribution in [2.75, 3.05) is 31.0 Å². The zero-order valence-electron chi connectivity index (χ0n) is 13.9. The molecule has 0 radical (unpaired) electrons. The molecule has 1 atom stereocenters. The summed E-state index contributed by atoms with van der Waals surface area (Å²) in [4.78, 5) is 0. The van der Waals surface area contributed by atoms with E-state index in [1.165, 1.54) is 11.8 Å². The molecule has 0 spiro atoms. The average molecular weight is 384 g/mol. The van der Waals surface area contributed by atoms with E-state index in [0.717, 1.165) is 11.5 Å². The van der Waals surface area contributed by atoms with Gasteiger partial charge < -0.3 is 13.9 Å². The number of methoxy groups -OCH3 is 1. The van der Waals surface area contributed by atoms with Gasteiger partial charge in [-0.15, -0.1) is 10.2 Å². The molecule has 1 saturated heterocycles.